The number of cyclic esters (lactones) is 2. The topological polar surface area (TPSA) is 43.4 Å². The van der Waals surface area contributed by atoms with Crippen LogP contribution in [0.1, 0.15) is 28.2 Å². The third kappa shape index (κ3) is 1.17. The zero-order valence-corrected chi connectivity index (χ0v) is 12.2. The first-order valence-electron chi connectivity index (χ1n) is 7.27. The summed E-state index contributed by atoms with van der Waals surface area (Å²) in [6, 6.07) is 15.6. The van der Waals surface area contributed by atoms with Crippen LogP contribution in [-0.4, -0.2) is 11.9 Å². The van der Waals surface area contributed by atoms with E-state index in [1.807, 2.05) is 48.5 Å². The van der Waals surface area contributed by atoms with Gasteiger partial charge in [0, 0.05) is 5.92 Å². The monoisotopic (exact) mass is 310 g/mol. The predicted octanol–water partition coefficient (Wildman–Crippen LogP) is 2.94. The molecule has 0 N–H and O–H groups in total. The molecule has 22 heavy (non-hydrogen) atoms. The van der Waals surface area contributed by atoms with E-state index in [0.29, 0.717) is 0 Å². The molecule has 2 atom stereocenters. The van der Waals surface area contributed by atoms with E-state index >= 15 is 0 Å². The summed E-state index contributed by atoms with van der Waals surface area (Å²) in [5.41, 5.74) is 3.91. The van der Waals surface area contributed by atoms with Gasteiger partial charge in [0.05, 0.1) is 11.8 Å². The molecule has 1 fully saturated rings. The fourth-order valence-electron chi connectivity index (χ4n) is 4.49. The third-order valence-corrected chi connectivity index (χ3v) is 5.89. The van der Waals surface area contributed by atoms with E-state index in [1.165, 1.54) is 0 Å². The summed E-state index contributed by atoms with van der Waals surface area (Å²) in [4.78, 5) is 23.6. The van der Waals surface area contributed by atoms with E-state index in [0.717, 1.165) is 22.3 Å². The van der Waals surface area contributed by atoms with Crippen LogP contribution < -0.4 is 0 Å². The highest BCUT2D eigenvalue weighted by molar-refractivity contribution is 6.29. The Kier molecular flexibility index (Phi) is 2.14. The van der Waals surface area contributed by atoms with Gasteiger partial charge in [-0.1, -0.05) is 48.5 Å². The molecule has 1 saturated heterocycles. The molecule has 2 aromatic rings. The lowest BCUT2D eigenvalue weighted by Gasteiger charge is -2.50. The first kappa shape index (κ1) is 12.4. The predicted molar refractivity (Wildman–Crippen MR) is 79.4 cm³/mol. The van der Waals surface area contributed by atoms with E-state index in [4.69, 9.17) is 16.3 Å². The van der Waals surface area contributed by atoms with Gasteiger partial charge in [0.15, 0.2) is 0 Å². The van der Waals surface area contributed by atoms with Crippen molar-refractivity contribution < 1.29 is 14.3 Å². The molecule has 0 spiro atoms. The lowest BCUT2D eigenvalue weighted by atomic mass is 9.54. The molecule has 0 aromatic heterocycles. The smallest absolute Gasteiger partial charge is 0.320 e. The minimum atomic E-state index is -1.02. The van der Waals surface area contributed by atoms with Crippen molar-refractivity contribution in [2.24, 2.45) is 11.8 Å². The van der Waals surface area contributed by atoms with Crippen molar-refractivity contribution in [1.82, 2.24) is 0 Å². The van der Waals surface area contributed by atoms with Crippen molar-refractivity contribution in [2.75, 3.05) is 0 Å². The lowest BCUT2D eigenvalue weighted by Crippen LogP contribution is -2.50. The van der Waals surface area contributed by atoms with E-state index in [1.54, 1.807) is 0 Å². The molecule has 4 heteroatoms. The molecular weight excluding hydrogens is 300 g/mol. The number of hydrogen-bond acceptors (Lipinski definition) is 3. The maximum absolute atomic E-state index is 12.3. The quantitative estimate of drug-likeness (QED) is 0.427. The molecule has 1 aliphatic heterocycles. The Morgan fingerprint density at radius 3 is 2.00 bits per heavy atom. The second-order valence-electron chi connectivity index (χ2n) is 6.11. The second kappa shape index (κ2) is 3.79. The van der Waals surface area contributed by atoms with Gasteiger partial charge in [0.1, 0.15) is 4.87 Å². The number of carbonyl (C=O) groups is 2. The maximum atomic E-state index is 12.3. The molecule has 2 aromatic carbocycles. The van der Waals surface area contributed by atoms with E-state index in [9.17, 15) is 9.59 Å². The van der Waals surface area contributed by atoms with Gasteiger partial charge < -0.3 is 4.74 Å². The maximum Gasteiger partial charge on any atom is 0.320 e. The fourth-order valence-corrected chi connectivity index (χ4v) is 5.05. The van der Waals surface area contributed by atoms with Gasteiger partial charge in [-0.25, -0.2) is 0 Å². The summed E-state index contributed by atoms with van der Waals surface area (Å²) in [5.74, 6) is -2.27. The Hall–Kier alpha value is -2.13. The van der Waals surface area contributed by atoms with Crippen LogP contribution in [0.2, 0.25) is 0 Å². The Bertz CT molecular complexity index is 809. The molecule has 0 saturated carbocycles. The highest BCUT2D eigenvalue weighted by Gasteiger charge is 2.67. The number of halogens is 1. The van der Waals surface area contributed by atoms with Gasteiger partial charge in [-0.3, -0.25) is 9.59 Å². The first-order chi connectivity index (χ1) is 10.6. The second-order valence-corrected chi connectivity index (χ2v) is 6.70. The number of hydrogen-bond donors (Lipinski definition) is 0. The molecule has 0 radical (unpaired) electrons. The van der Waals surface area contributed by atoms with Crippen molar-refractivity contribution >= 4 is 23.5 Å². The van der Waals surface area contributed by atoms with Gasteiger partial charge in [0.2, 0.25) is 0 Å². The standard InChI is InChI=1S/C18H11ClO3/c19-18-11-7-3-1-5-9(11)13(10-6-2-4-8-12(10)18)14-15(18)17(21)22-16(14)20/h1-8,13-15H/t13?,14-,15-,18?/m0/s1. The number of benzene rings is 2. The zero-order valence-electron chi connectivity index (χ0n) is 11.5. The van der Waals surface area contributed by atoms with Gasteiger partial charge >= 0.3 is 11.9 Å². The molecule has 1 heterocycles. The van der Waals surface area contributed by atoms with Gasteiger partial charge in [-0.2, -0.15) is 0 Å². The SMILES string of the molecule is O=C1OC(=O)[C@H]2C3c4ccccc4C(Cl)(c4ccccc43)[C@H]12. The van der Waals surface area contributed by atoms with Crippen LogP contribution in [0.3, 0.4) is 0 Å². The van der Waals surface area contributed by atoms with E-state index < -0.39 is 28.6 Å². The molecule has 108 valence electrons. The Morgan fingerprint density at radius 1 is 0.864 bits per heavy atom. The van der Waals surface area contributed by atoms with Crippen LogP contribution in [-0.2, 0) is 19.2 Å². The highest BCUT2D eigenvalue weighted by atomic mass is 35.5. The van der Waals surface area contributed by atoms with Crippen LogP contribution in [0, 0.1) is 11.8 Å². The average Bonchev–Trinajstić information content (AvgIpc) is 2.84. The van der Waals surface area contributed by atoms with Crippen LogP contribution in [0.25, 0.3) is 0 Å². The van der Waals surface area contributed by atoms with Crippen LogP contribution in [0.15, 0.2) is 48.5 Å². The van der Waals surface area contributed by atoms with Gasteiger partial charge in [-0.05, 0) is 22.3 Å². The van der Waals surface area contributed by atoms with Crippen molar-refractivity contribution in [1.29, 1.82) is 0 Å². The molecule has 0 amide bonds. The molecular formula is C18H11ClO3. The largest absolute Gasteiger partial charge is 0.393 e. The van der Waals surface area contributed by atoms with Crippen molar-refractivity contribution in [3.05, 3.63) is 70.8 Å². The van der Waals surface area contributed by atoms with Gasteiger partial charge in [0.25, 0.3) is 0 Å². The summed E-state index contributed by atoms with van der Waals surface area (Å²) < 4.78 is 4.95. The lowest BCUT2D eigenvalue weighted by molar-refractivity contribution is -0.153. The Balaban J connectivity index is 1.94. The van der Waals surface area contributed by atoms with E-state index in [-0.39, 0.29) is 5.92 Å². The molecule has 6 rings (SSSR count). The van der Waals surface area contributed by atoms with Gasteiger partial charge in [-0.15, -0.1) is 11.6 Å². The highest BCUT2D eigenvalue weighted by Crippen LogP contribution is 2.65. The normalized spacial score (nSPS) is 34.0. The van der Waals surface area contributed by atoms with Crippen molar-refractivity contribution in [3.8, 4) is 0 Å². The van der Waals surface area contributed by atoms with Crippen LogP contribution in [0.4, 0.5) is 0 Å². The molecule has 3 aliphatic carbocycles. The summed E-state index contributed by atoms with van der Waals surface area (Å²) in [6.07, 6.45) is 0. The fraction of sp³-hybridized carbons (Fsp3) is 0.222. The van der Waals surface area contributed by atoms with Crippen molar-refractivity contribution in [2.45, 2.75) is 10.8 Å². The van der Waals surface area contributed by atoms with E-state index in [2.05, 4.69) is 0 Å². The van der Waals surface area contributed by atoms with Crippen LogP contribution >= 0.6 is 11.6 Å². The Morgan fingerprint density at radius 2 is 1.41 bits per heavy atom. The summed E-state index contributed by atoms with van der Waals surface area (Å²) in [6.45, 7) is 0. The summed E-state index contributed by atoms with van der Waals surface area (Å²) in [7, 11) is 0. The Labute approximate surface area is 131 Å². The number of ether oxygens (including phenoxy) is 1. The first-order valence-corrected chi connectivity index (χ1v) is 7.65. The molecule has 0 unspecified atom stereocenters. The minimum absolute atomic E-state index is 0.156. The molecule has 2 bridgehead atoms. The summed E-state index contributed by atoms with van der Waals surface area (Å²) in [5, 5.41) is 0. The number of rotatable bonds is 0. The minimum Gasteiger partial charge on any atom is -0.393 e. The molecule has 3 nitrogen and oxygen atoms in total. The number of alkyl halides is 1. The zero-order chi connectivity index (χ0) is 15.1. The number of carbonyl (C=O) groups excluding carboxylic acids is 2. The molecule has 4 aliphatic rings. The van der Waals surface area contributed by atoms with Crippen LogP contribution in [0.5, 0.6) is 0 Å². The number of esters is 2. The third-order valence-electron chi connectivity index (χ3n) is 5.25. The summed E-state index contributed by atoms with van der Waals surface area (Å²) >= 11 is 7.07. The average molecular weight is 311 g/mol. The van der Waals surface area contributed by atoms with Crippen molar-refractivity contribution in [3.63, 3.8) is 0 Å².